The molecule has 4 nitrogen and oxygen atoms in total. The van der Waals surface area contributed by atoms with Gasteiger partial charge in [0.1, 0.15) is 0 Å². The van der Waals surface area contributed by atoms with Gasteiger partial charge < -0.3 is 10.2 Å². The van der Waals surface area contributed by atoms with Gasteiger partial charge in [-0.2, -0.15) is 0 Å². The highest BCUT2D eigenvalue weighted by Gasteiger charge is 2.09. The molecule has 4 heteroatoms. The lowest BCUT2D eigenvalue weighted by atomic mass is 10.0. The molecular weight excluding hydrogens is 244 g/mol. The van der Waals surface area contributed by atoms with Crippen LogP contribution >= 0.6 is 0 Å². The number of carboxylic acid groups (broad SMARTS) is 2. The Morgan fingerprint density at radius 2 is 1.68 bits per heavy atom. The molecule has 0 saturated carbocycles. The second-order valence-electron chi connectivity index (χ2n) is 4.69. The first kappa shape index (κ1) is 15.0. The molecule has 0 aromatic heterocycles. The predicted molar refractivity (Wildman–Crippen MR) is 73.0 cm³/mol. The number of aliphatic carboxylic acids is 2. The van der Waals surface area contributed by atoms with Crippen molar-refractivity contribution in [1.29, 1.82) is 0 Å². The van der Waals surface area contributed by atoms with Crippen LogP contribution in [0.1, 0.15) is 43.7 Å². The van der Waals surface area contributed by atoms with Gasteiger partial charge in [-0.1, -0.05) is 38.1 Å². The fraction of sp³-hybridized carbons (Fsp3) is 0.333. The van der Waals surface area contributed by atoms with E-state index in [2.05, 4.69) is 13.8 Å². The summed E-state index contributed by atoms with van der Waals surface area (Å²) in [7, 11) is 0. The van der Waals surface area contributed by atoms with E-state index in [4.69, 9.17) is 10.2 Å². The Morgan fingerprint density at radius 1 is 1.11 bits per heavy atom. The van der Waals surface area contributed by atoms with Crippen molar-refractivity contribution in [1.82, 2.24) is 0 Å². The molecule has 2 N–H and O–H groups in total. The summed E-state index contributed by atoms with van der Waals surface area (Å²) in [5, 5.41) is 17.6. The van der Waals surface area contributed by atoms with E-state index in [0.29, 0.717) is 5.92 Å². The van der Waals surface area contributed by atoms with Crippen LogP contribution in [0.2, 0.25) is 0 Å². The average Bonchev–Trinajstić information content (AvgIpc) is 2.34. The molecule has 0 saturated heterocycles. The van der Waals surface area contributed by atoms with Crippen LogP contribution in [-0.2, 0) is 9.59 Å². The fourth-order valence-corrected chi connectivity index (χ4v) is 1.66. The van der Waals surface area contributed by atoms with E-state index in [1.807, 2.05) is 24.3 Å². The van der Waals surface area contributed by atoms with E-state index in [-0.39, 0.29) is 18.4 Å². The SMILES string of the molecule is CC(C)c1ccc(/C=C(\CCC(=O)O)C(=O)O)cc1. The Balaban J connectivity index is 2.89. The highest BCUT2D eigenvalue weighted by Crippen LogP contribution is 2.17. The second-order valence-corrected chi connectivity index (χ2v) is 4.69. The summed E-state index contributed by atoms with van der Waals surface area (Å²) in [4.78, 5) is 21.5. The minimum absolute atomic E-state index is 0.0244. The maximum Gasteiger partial charge on any atom is 0.331 e. The summed E-state index contributed by atoms with van der Waals surface area (Å²) in [6.07, 6.45) is 1.37. The van der Waals surface area contributed by atoms with Gasteiger partial charge in [0.05, 0.1) is 0 Å². The molecule has 0 bridgehead atoms. The maximum atomic E-state index is 11.0. The Bertz CT molecular complexity index is 483. The van der Waals surface area contributed by atoms with E-state index in [9.17, 15) is 9.59 Å². The summed E-state index contributed by atoms with van der Waals surface area (Å²) >= 11 is 0. The minimum atomic E-state index is -1.07. The molecule has 0 fully saturated rings. The van der Waals surface area contributed by atoms with E-state index in [0.717, 1.165) is 5.56 Å². The van der Waals surface area contributed by atoms with Gasteiger partial charge in [-0.05, 0) is 29.5 Å². The average molecular weight is 262 g/mol. The highest BCUT2D eigenvalue weighted by atomic mass is 16.4. The molecule has 0 unspecified atom stereocenters. The van der Waals surface area contributed by atoms with Crippen molar-refractivity contribution in [3.8, 4) is 0 Å². The number of rotatable bonds is 6. The van der Waals surface area contributed by atoms with E-state index >= 15 is 0 Å². The lowest BCUT2D eigenvalue weighted by molar-refractivity contribution is -0.137. The van der Waals surface area contributed by atoms with Gasteiger partial charge in [0.15, 0.2) is 0 Å². The number of hydrogen-bond donors (Lipinski definition) is 2. The molecule has 1 aromatic carbocycles. The van der Waals surface area contributed by atoms with Gasteiger partial charge in [0, 0.05) is 12.0 Å². The first-order chi connectivity index (χ1) is 8.90. The topological polar surface area (TPSA) is 74.6 Å². The molecule has 0 radical (unpaired) electrons. The molecule has 19 heavy (non-hydrogen) atoms. The van der Waals surface area contributed by atoms with Crippen molar-refractivity contribution in [2.45, 2.75) is 32.6 Å². The Hall–Kier alpha value is -2.10. The normalized spacial score (nSPS) is 11.6. The van der Waals surface area contributed by atoms with Gasteiger partial charge >= 0.3 is 11.9 Å². The number of carboxylic acids is 2. The molecule has 0 amide bonds. The molecule has 1 rings (SSSR count). The summed E-state index contributed by atoms with van der Waals surface area (Å²) < 4.78 is 0. The van der Waals surface area contributed by atoms with Crippen LogP contribution in [0.25, 0.3) is 6.08 Å². The third-order valence-electron chi connectivity index (χ3n) is 2.83. The Kier molecular flexibility index (Phi) is 5.30. The van der Waals surface area contributed by atoms with Crippen molar-refractivity contribution in [2.75, 3.05) is 0 Å². The predicted octanol–water partition coefficient (Wildman–Crippen LogP) is 3.14. The number of carbonyl (C=O) groups is 2. The lowest BCUT2D eigenvalue weighted by Crippen LogP contribution is -2.04. The van der Waals surface area contributed by atoms with E-state index in [1.165, 1.54) is 11.6 Å². The van der Waals surface area contributed by atoms with E-state index in [1.54, 1.807) is 0 Å². The number of benzene rings is 1. The molecule has 0 atom stereocenters. The molecule has 0 spiro atoms. The molecule has 0 aliphatic heterocycles. The first-order valence-electron chi connectivity index (χ1n) is 6.15. The molecular formula is C15H18O4. The Labute approximate surface area is 112 Å². The highest BCUT2D eigenvalue weighted by molar-refractivity contribution is 5.92. The first-order valence-corrected chi connectivity index (χ1v) is 6.15. The third kappa shape index (κ3) is 4.95. The third-order valence-corrected chi connectivity index (χ3v) is 2.83. The summed E-state index contributed by atoms with van der Waals surface area (Å²) in [6, 6.07) is 7.60. The maximum absolute atomic E-state index is 11.0. The largest absolute Gasteiger partial charge is 0.481 e. The van der Waals surface area contributed by atoms with Gasteiger partial charge in [-0.3, -0.25) is 4.79 Å². The van der Waals surface area contributed by atoms with Crippen LogP contribution in [0.3, 0.4) is 0 Å². The van der Waals surface area contributed by atoms with Gasteiger partial charge in [-0.25, -0.2) is 4.79 Å². The van der Waals surface area contributed by atoms with Crippen molar-refractivity contribution < 1.29 is 19.8 Å². The van der Waals surface area contributed by atoms with Crippen LogP contribution in [0.4, 0.5) is 0 Å². The van der Waals surface area contributed by atoms with Crippen molar-refractivity contribution in [3.05, 3.63) is 41.0 Å². The summed E-state index contributed by atoms with van der Waals surface area (Å²) in [5.74, 6) is -1.65. The second kappa shape index (κ2) is 6.73. The molecule has 102 valence electrons. The monoisotopic (exact) mass is 262 g/mol. The fourth-order valence-electron chi connectivity index (χ4n) is 1.66. The van der Waals surface area contributed by atoms with Gasteiger partial charge in [-0.15, -0.1) is 0 Å². The van der Waals surface area contributed by atoms with Crippen LogP contribution in [0.15, 0.2) is 29.8 Å². The van der Waals surface area contributed by atoms with Crippen molar-refractivity contribution in [3.63, 3.8) is 0 Å². The van der Waals surface area contributed by atoms with Crippen molar-refractivity contribution in [2.24, 2.45) is 0 Å². The number of hydrogen-bond acceptors (Lipinski definition) is 2. The molecule has 0 aliphatic rings. The zero-order valence-corrected chi connectivity index (χ0v) is 11.1. The zero-order chi connectivity index (χ0) is 14.4. The van der Waals surface area contributed by atoms with Crippen LogP contribution < -0.4 is 0 Å². The van der Waals surface area contributed by atoms with Crippen LogP contribution in [0, 0.1) is 0 Å². The van der Waals surface area contributed by atoms with Crippen LogP contribution in [-0.4, -0.2) is 22.2 Å². The molecule has 0 heterocycles. The van der Waals surface area contributed by atoms with E-state index < -0.39 is 11.9 Å². The standard InChI is InChI=1S/C15H18O4/c1-10(2)12-5-3-11(4-6-12)9-13(15(18)19)7-8-14(16)17/h3-6,9-10H,7-8H2,1-2H3,(H,16,17)(H,18,19)/b13-9+. The van der Waals surface area contributed by atoms with Gasteiger partial charge in [0.2, 0.25) is 0 Å². The Morgan fingerprint density at radius 3 is 2.11 bits per heavy atom. The molecule has 1 aromatic rings. The molecule has 0 aliphatic carbocycles. The quantitative estimate of drug-likeness (QED) is 0.772. The van der Waals surface area contributed by atoms with Gasteiger partial charge in [0.25, 0.3) is 0 Å². The zero-order valence-electron chi connectivity index (χ0n) is 11.1. The summed E-state index contributed by atoms with van der Waals surface area (Å²) in [6.45, 7) is 4.17. The van der Waals surface area contributed by atoms with Crippen molar-refractivity contribution >= 4 is 18.0 Å². The van der Waals surface area contributed by atoms with Crippen LogP contribution in [0.5, 0.6) is 0 Å². The minimum Gasteiger partial charge on any atom is -0.481 e. The summed E-state index contributed by atoms with van der Waals surface area (Å²) in [5.41, 5.74) is 2.06. The lowest BCUT2D eigenvalue weighted by Gasteiger charge is -2.05. The smallest absolute Gasteiger partial charge is 0.331 e.